The highest BCUT2D eigenvalue weighted by Gasteiger charge is 2.18. The molecular weight excluding hydrogens is 321 g/mol. The number of tetrazole rings is 1. The molecule has 0 aliphatic heterocycles. The Labute approximate surface area is 145 Å². The molecule has 2 atom stereocenters. The summed E-state index contributed by atoms with van der Waals surface area (Å²) in [6, 6.07) is 12.6. The molecule has 3 rings (SSSR count). The van der Waals surface area contributed by atoms with Gasteiger partial charge in [0.25, 0.3) is 0 Å². The van der Waals surface area contributed by atoms with Crippen molar-refractivity contribution in [3.63, 3.8) is 0 Å². The van der Waals surface area contributed by atoms with Crippen LogP contribution in [0.2, 0.25) is 0 Å². The van der Waals surface area contributed by atoms with Crippen LogP contribution in [0.1, 0.15) is 37.1 Å². The second-order valence-electron chi connectivity index (χ2n) is 5.81. The van der Waals surface area contributed by atoms with Gasteiger partial charge in [-0.15, -0.1) is 5.10 Å². The quantitative estimate of drug-likeness (QED) is 0.746. The summed E-state index contributed by atoms with van der Waals surface area (Å²) in [5.41, 5.74) is 2.49. The number of benzene rings is 2. The van der Waals surface area contributed by atoms with Crippen LogP contribution in [-0.2, 0) is 0 Å². The Morgan fingerprint density at radius 3 is 2.48 bits per heavy atom. The molecule has 0 saturated heterocycles. The summed E-state index contributed by atoms with van der Waals surface area (Å²) in [6.45, 7) is 3.96. The first-order chi connectivity index (χ1) is 12.1. The molecule has 0 aliphatic carbocycles. The molecule has 0 saturated carbocycles. The predicted molar refractivity (Wildman–Crippen MR) is 92.1 cm³/mol. The Bertz CT molecular complexity index is 820. The number of hydrogen-bond acceptors (Lipinski definition) is 5. The number of ether oxygens (including phenoxy) is 1. The number of methoxy groups -OCH3 is 1. The van der Waals surface area contributed by atoms with Crippen molar-refractivity contribution in [3.8, 4) is 11.4 Å². The third-order valence-electron chi connectivity index (χ3n) is 4.17. The number of nitrogens with one attached hydrogen (secondary N) is 1. The molecular formula is C18H20FN5O. The van der Waals surface area contributed by atoms with E-state index in [4.69, 9.17) is 4.74 Å². The zero-order valence-corrected chi connectivity index (χ0v) is 14.3. The number of aromatic nitrogens is 4. The van der Waals surface area contributed by atoms with Crippen molar-refractivity contribution < 1.29 is 9.13 Å². The molecule has 0 amide bonds. The van der Waals surface area contributed by atoms with Gasteiger partial charge in [-0.3, -0.25) is 0 Å². The van der Waals surface area contributed by atoms with E-state index in [-0.39, 0.29) is 17.9 Å². The van der Waals surface area contributed by atoms with Crippen molar-refractivity contribution in [2.75, 3.05) is 7.11 Å². The fourth-order valence-corrected chi connectivity index (χ4v) is 2.87. The molecule has 1 N–H and O–H groups in total. The fraction of sp³-hybridized carbons (Fsp3) is 0.278. The van der Waals surface area contributed by atoms with E-state index >= 15 is 0 Å². The van der Waals surface area contributed by atoms with Crippen LogP contribution in [0.25, 0.3) is 5.69 Å². The number of halogens is 1. The van der Waals surface area contributed by atoms with Crippen molar-refractivity contribution in [3.05, 3.63) is 65.7 Å². The van der Waals surface area contributed by atoms with Gasteiger partial charge in [-0.05, 0) is 54.1 Å². The molecule has 0 fully saturated rings. The highest BCUT2D eigenvalue weighted by Crippen LogP contribution is 2.29. The lowest BCUT2D eigenvalue weighted by Crippen LogP contribution is -2.23. The largest absolute Gasteiger partial charge is 0.496 e. The third kappa shape index (κ3) is 3.66. The Morgan fingerprint density at radius 1 is 1.08 bits per heavy atom. The van der Waals surface area contributed by atoms with E-state index < -0.39 is 0 Å². The minimum Gasteiger partial charge on any atom is -0.496 e. The number of hydrogen-bond donors (Lipinski definition) is 1. The third-order valence-corrected chi connectivity index (χ3v) is 4.17. The van der Waals surface area contributed by atoms with Crippen molar-refractivity contribution >= 4 is 0 Å². The molecule has 3 aromatic rings. The predicted octanol–water partition coefficient (Wildman–Crippen LogP) is 3.22. The highest BCUT2D eigenvalue weighted by atomic mass is 19.1. The first-order valence-electron chi connectivity index (χ1n) is 8.02. The lowest BCUT2D eigenvalue weighted by Gasteiger charge is -2.23. The van der Waals surface area contributed by atoms with Gasteiger partial charge in [0.2, 0.25) is 0 Å². The average Bonchev–Trinajstić information content (AvgIpc) is 3.16. The number of nitrogens with zero attached hydrogens (tertiary/aromatic N) is 4. The molecule has 2 aromatic carbocycles. The lowest BCUT2D eigenvalue weighted by molar-refractivity contribution is 0.387. The minimum absolute atomic E-state index is 0.0298. The molecule has 0 aliphatic rings. The van der Waals surface area contributed by atoms with Gasteiger partial charge in [0, 0.05) is 17.6 Å². The van der Waals surface area contributed by atoms with Crippen LogP contribution >= 0.6 is 0 Å². The van der Waals surface area contributed by atoms with E-state index in [0.717, 1.165) is 11.3 Å². The fourth-order valence-electron chi connectivity index (χ4n) is 2.87. The topological polar surface area (TPSA) is 64.9 Å². The summed E-state index contributed by atoms with van der Waals surface area (Å²) in [4.78, 5) is 0. The highest BCUT2D eigenvalue weighted by molar-refractivity contribution is 5.38. The summed E-state index contributed by atoms with van der Waals surface area (Å²) < 4.78 is 21.1. The molecule has 1 aromatic heterocycles. The van der Waals surface area contributed by atoms with Gasteiger partial charge in [-0.2, -0.15) is 0 Å². The van der Waals surface area contributed by atoms with Gasteiger partial charge in [-0.25, -0.2) is 9.07 Å². The maximum atomic E-state index is 14.2. The smallest absolute Gasteiger partial charge is 0.143 e. The van der Waals surface area contributed by atoms with E-state index in [1.807, 2.05) is 38.1 Å². The molecule has 25 heavy (non-hydrogen) atoms. The zero-order chi connectivity index (χ0) is 17.8. The van der Waals surface area contributed by atoms with Crippen LogP contribution in [0.3, 0.4) is 0 Å². The van der Waals surface area contributed by atoms with Gasteiger partial charge in [0.05, 0.1) is 12.8 Å². The molecule has 130 valence electrons. The van der Waals surface area contributed by atoms with E-state index in [0.29, 0.717) is 11.3 Å². The average molecular weight is 341 g/mol. The molecule has 0 bridgehead atoms. The second kappa shape index (κ2) is 7.40. The summed E-state index contributed by atoms with van der Waals surface area (Å²) in [6.07, 6.45) is 1.54. The Morgan fingerprint density at radius 2 is 1.84 bits per heavy atom. The van der Waals surface area contributed by atoms with Gasteiger partial charge < -0.3 is 10.1 Å². The van der Waals surface area contributed by atoms with Crippen LogP contribution in [0.5, 0.6) is 5.75 Å². The van der Waals surface area contributed by atoms with Crippen LogP contribution in [0.15, 0.2) is 48.8 Å². The maximum absolute atomic E-state index is 14.2. The molecule has 0 spiro atoms. The molecule has 1 heterocycles. The molecule has 0 unspecified atom stereocenters. The minimum atomic E-state index is -0.277. The molecule has 0 radical (unpaired) electrons. The van der Waals surface area contributed by atoms with Crippen LogP contribution in [0.4, 0.5) is 4.39 Å². The van der Waals surface area contributed by atoms with Crippen LogP contribution in [0, 0.1) is 5.82 Å². The zero-order valence-electron chi connectivity index (χ0n) is 14.3. The Hall–Kier alpha value is -2.80. The summed E-state index contributed by atoms with van der Waals surface area (Å²) in [5, 5.41) is 14.5. The normalized spacial score (nSPS) is 13.4. The summed E-state index contributed by atoms with van der Waals surface area (Å²) in [7, 11) is 1.55. The SMILES string of the molecule is COc1cccc(F)c1[C@H](C)N[C@@H](C)c1ccc(-n2cnnn2)cc1. The molecule has 7 heteroatoms. The van der Waals surface area contributed by atoms with Crippen molar-refractivity contribution in [2.24, 2.45) is 0 Å². The van der Waals surface area contributed by atoms with Gasteiger partial charge in [0.1, 0.15) is 17.9 Å². The van der Waals surface area contributed by atoms with Crippen LogP contribution in [-0.4, -0.2) is 27.3 Å². The Kier molecular flexibility index (Phi) is 5.04. The Balaban J connectivity index is 1.75. The number of rotatable bonds is 6. The van der Waals surface area contributed by atoms with Gasteiger partial charge in [0.15, 0.2) is 0 Å². The van der Waals surface area contributed by atoms with Crippen molar-refractivity contribution in [2.45, 2.75) is 25.9 Å². The standard InChI is InChI=1S/C18H20FN5O/c1-12(14-7-9-15(10-8-14)24-11-20-22-23-24)21-13(2)18-16(19)5-4-6-17(18)25-3/h4-13,21H,1-3H3/t12-,13-/m0/s1. The van der Waals surface area contributed by atoms with E-state index in [9.17, 15) is 4.39 Å². The first kappa shape index (κ1) is 17.0. The van der Waals surface area contributed by atoms with E-state index in [1.165, 1.54) is 6.07 Å². The van der Waals surface area contributed by atoms with Crippen LogP contribution < -0.4 is 10.1 Å². The maximum Gasteiger partial charge on any atom is 0.143 e. The van der Waals surface area contributed by atoms with Crippen molar-refractivity contribution in [1.29, 1.82) is 0 Å². The van der Waals surface area contributed by atoms with Crippen molar-refractivity contribution in [1.82, 2.24) is 25.5 Å². The molecule has 6 nitrogen and oxygen atoms in total. The van der Waals surface area contributed by atoms with Gasteiger partial charge in [-0.1, -0.05) is 18.2 Å². The monoisotopic (exact) mass is 341 g/mol. The lowest BCUT2D eigenvalue weighted by atomic mass is 10.0. The van der Waals surface area contributed by atoms with E-state index in [1.54, 1.807) is 30.3 Å². The van der Waals surface area contributed by atoms with E-state index in [2.05, 4.69) is 20.8 Å². The van der Waals surface area contributed by atoms with Gasteiger partial charge >= 0.3 is 0 Å². The first-order valence-corrected chi connectivity index (χ1v) is 8.02. The second-order valence-corrected chi connectivity index (χ2v) is 5.81. The summed E-state index contributed by atoms with van der Waals surface area (Å²) >= 11 is 0. The summed E-state index contributed by atoms with van der Waals surface area (Å²) in [5.74, 6) is 0.266.